The molecule has 0 saturated carbocycles. The summed E-state index contributed by atoms with van der Waals surface area (Å²) in [4.78, 5) is 8.47. The van der Waals surface area contributed by atoms with Crippen molar-refractivity contribution in [1.29, 1.82) is 0 Å². The highest BCUT2D eigenvalue weighted by molar-refractivity contribution is 9.10. The van der Waals surface area contributed by atoms with E-state index in [0.717, 1.165) is 20.5 Å². The topological polar surface area (TPSA) is 49.8 Å². The molecule has 0 spiro atoms. The summed E-state index contributed by atoms with van der Waals surface area (Å²) in [6, 6.07) is 6.11. The number of nitrogens with zero attached hydrogens (tertiary/aromatic N) is 2. The second-order valence-corrected chi connectivity index (χ2v) is 5.55. The van der Waals surface area contributed by atoms with Crippen LogP contribution in [0.3, 0.4) is 0 Å². The molecular weight excluding hydrogens is 360 g/mol. The van der Waals surface area contributed by atoms with Crippen molar-refractivity contribution in [1.82, 2.24) is 9.97 Å². The summed E-state index contributed by atoms with van der Waals surface area (Å²) in [5, 5.41) is 6.17. The summed E-state index contributed by atoms with van der Waals surface area (Å²) in [5.41, 5.74) is 2.15. The van der Waals surface area contributed by atoms with Crippen LogP contribution in [0.5, 0.6) is 0 Å². The average molecular weight is 372 g/mol. The first-order valence-corrected chi connectivity index (χ1v) is 6.91. The lowest BCUT2D eigenvalue weighted by Crippen LogP contribution is -2.01. The van der Waals surface area contributed by atoms with Gasteiger partial charge in [0.25, 0.3) is 0 Å². The Hall–Kier alpha value is -1.14. The summed E-state index contributed by atoms with van der Waals surface area (Å²) in [5.74, 6) is 1.30. The lowest BCUT2D eigenvalue weighted by Gasteiger charge is -2.10. The SMILES string of the molecule is CNc1ncc(Br)c(Nc2cc(C)cc(Br)c2)n1. The minimum atomic E-state index is 0.576. The highest BCUT2D eigenvalue weighted by Gasteiger charge is 2.05. The second kappa shape index (κ2) is 5.67. The van der Waals surface area contributed by atoms with Gasteiger partial charge in [-0.15, -0.1) is 0 Å². The minimum Gasteiger partial charge on any atom is -0.357 e. The van der Waals surface area contributed by atoms with Crippen LogP contribution in [0.4, 0.5) is 17.5 Å². The van der Waals surface area contributed by atoms with Crippen LogP contribution in [0.2, 0.25) is 0 Å². The van der Waals surface area contributed by atoms with Crippen LogP contribution in [0.15, 0.2) is 33.3 Å². The van der Waals surface area contributed by atoms with Gasteiger partial charge in [-0.25, -0.2) is 4.98 Å². The van der Waals surface area contributed by atoms with Gasteiger partial charge in [-0.3, -0.25) is 0 Å². The van der Waals surface area contributed by atoms with Gasteiger partial charge >= 0.3 is 0 Å². The van der Waals surface area contributed by atoms with Crippen molar-refractivity contribution in [2.24, 2.45) is 0 Å². The molecule has 0 aliphatic heterocycles. The molecule has 2 N–H and O–H groups in total. The van der Waals surface area contributed by atoms with Gasteiger partial charge < -0.3 is 10.6 Å². The van der Waals surface area contributed by atoms with Crippen LogP contribution in [0.25, 0.3) is 0 Å². The highest BCUT2D eigenvalue weighted by Crippen LogP contribution is 2.26. The smallest absolute Gasteiger partial charge is 0.224 e. The Labute approximate surface area is 122 Å². The number of hydrogen-bond acceptors (Lipinski definition) is 4. The molecule has 0 aliphatic carbocycles. The normalized spacial score (nSPS) is 10.2. The monoisotopic (exact) mass is 370 g/mol. The van der Waals surface area contributed by atoms with Crippen LogP contribution in [-0.2, 0) is 0 Å². The molecule has 0 radical (unpaired) electrons. The number of nitrogens with one attached hydrogen (secondary N) is 2. The van der Waals surface area contributed by atoms with Gasteiger partial charge in [0.1, 0.15) is 5.82 Å². The second-order valence-electron chi connectivity index (χ2n) is 3.78. The largest absolute Gasteiger partial charge is 0.357 e. The van der Waals surface area contributed by atoms with Crippen LogP contribution in [0, 0.1) is 6.92 Å². The average Bonchev–Trinajstić information content (AvgIpc) is 2.30. The molecule has 0 bridgehead atoms. The summed E-state index contributed by atoms with van der Waals surface area (Å²) >= 11 is 6.90. The van der Waals surface area contributed by atoms with Gasteiger partial charge in [0, 0.05) is 23.4 Å². The fourth-order valence-electron chi connectivity index (χ4n) is 1.52. The van der Waals surface area contributed by atoms with Crippen molar-refractivity contribution < 1.29 is 0 Å². The van der Waals surface area contributed by atoms with Gasteiger partial charge in [0.15, 0.2) is 0 Å². The molecule has 0 amide bonds. The number of anilines is 3. The van der Waals surface area contributed by atoms with Gasteiger partial charge in [0.05, 0.1) is 4.47 Å². The Morgan fingerprint density at radius 2 is 1.94 bits per heavy atom. The van der Waals surface area contributed by atoms with Crippen molar-refractivity contribution in [2.75, 3.05) is 17.7 Å². The predicted molar refractivity (Wildman–Crippen MR) is 81.4 cm³/mol. The molecule has 0 unspecified atom stereocenters. The van der Waals surface area contributed by atoms with Gasteiger partial charge in [0.2, 0.25) is 5.95 Å². The van der Waals surface area contributed by atoms with E-state index in [1.165, 1.54) is 5.56 Å². The molecule has 0 aliphatic rings. The molecule has 0 atom stereocenters. The summed E-state index contributed by atoms with van der Waals surface area (Å²) in [6.07, 6.45) is 1.71. The molecule has 18 heavy (non-hydrogen) atoms. The maximum absolute atomic E-state index is 4.35. The minimum absolute atomic E-state index is 0.576. The van der Waals surface area contributed by atoms with Crippen LogP contribution in [-0.4, -0.2) is 17.0 Å². The van der Waals surface area contributed by atoms with Crippen LogP contribution < -0.4 is 10.6 Å². The van der Waals surface area contributed by atoms with Crippen LogP contribution >= 0.6 is 31.9 Å². The third-order valence-corrected chi connectivity index (χ3v) is 3.31. The van der Waals surface area contributed by atoms with Crippen molar-refractivity contribution in [3.8, 4) is 0 Å². The van der Waals surface area contributed by atoms with E-state index in [0.29, 0.717) is 5.95 Å². The first-order chi connectivity index (χ1) is 8.58. The fraction of sp³-hybridized carbons (Fsp3) is 0.167. The van der Waals surface area contributed by atoms with Gasteiger partial charge in [-0.1, -0.05) is 15.9 Å². The van der Waals surface area contributed by atoms with Crippen LogP contribution in [0.1, 0.15) is 5.56 Å². The first kappa shape index (κ1) is 13.3. The van der Waals surface area contributed by atoms with Gasteiger partial charge in [-0.2, -0.15) is 4.98 Å². The molecule has 6 heteroatoms. The molecule has 1 aromatic heterocycles. The number of rotatable bonds is 3. The lowest BCUT2D eigenvalue weighted by molar-refractivity contribution is 1.14. The zero-order chi connectivity index (χ0) is 13.1. The van der Waals surface area contributed by atoms with Gasteiger partial charge in [-0.05, 0) is 46.6 Å². The van der Waals surface area contributed by atoms with E-state index in [4.69, 9.17) is 0 Å². The van der Waals surface area contributed by atoms with Crippen molar-refractivity contribution in [3.63, 3.8) is 0 Å². The third-order valence-electron chi connectivity index (χ3n) is 2.27. The lowest BCUT2D eigenvalue weighted by atomic mass is 10.2. The Kier molecular flexibility index (Phi) is 4.19. The molecule has 94 valence electrons. The third kappa shape index (κ3) is 3.20. The molecule has 4 nitrogen and oxygen atoms in total. The van der Waals surface area contributed by atoms with Crippen molar-refractivity contribution >= 4 is 49.3 Å². The predicted octanol–water partition coefficient (Wildman–Crippen LogP) is 4.10. The molecule has 0 fully saturated rings. The van der Waals surface area contributed by atoms with E-state index in [2.05, 4.69) is 64.6 Å². The Bertz CT molecular complexity index is 552. The fourth-order valence-corrected chi connectivity index (χ4v) is 2.42. The molecule has 2 aromatic rings. The van der Waals surface area contributed by atoms with E-state index in [9.17, 15) is 0 Å². The Balaban J connectivity index is 2.33. The molecular formula is C12H12Br2N4. The van der Waals surface area contributed by atoms with Crippen molar-refractivity contribution in [2.45, 2.75) is 6.92 Å². The zero-order valence-electron chi connectivity index (χ0n) is 9.96. The zero-order valence-corrected chi connectivity index (χ0v) is 13.1. The Morgan fingerprint density at radius 3 is 2.61 bits per heavy atom. The summed E-state index contributed by atoms with van der Waals surface area (Å²) in [7, 11) is 1.79. The number of hydrogen-bond donors (Lipinski definition) is 2. The molecule has 2 rings (SSSR count). The van der Waals surface area contributed by atoms with E-state index >= 15 is 0 Å². The highest BCUT2D eigenvalue weighted by atomic mass is 79.9. The van der Waals surface area contributed by atoms with Crippen molar-refractivity contribution in [3.05, 3.63) is 38.9 Å². The van der Waals surface area contributed by atoms with E-state index in [1.54, 1.807) is 13.2 Å². The summed E-state index contributed by atoms with van der Waals surface area (Å²) < 4.78 is 1.85. The maximum atomic E-state index is 4.35. The Morgan fingerprint density at radius 1 is 1.17 bits per heavy atom. The number of halogens is 2. The molecule has 0 saturated heterocycles. The first-order valence-electron chi connectivity index (χ1n) is 5.33. The number of aromatic nitrogens is 2. The molecule has 1 aromatic carbocycles. The molecule has 1 heterocycles. The number of aryl methyl sites for hydroxylation is 1. The number of benzene rings is 1. The standard InChI is InChI=1S/C12H12Br2N4/c1-7-3-8(13)5-9(4-7)17-11-10(14)6-16-12(15-2)18-11/h3-6H,1-2H3,(H2,15,16,17,18). The van der Waals surface area contributed by atoms with E-state index < -0.39 is 0 Å². The van der Waals surface area contributed by atoms with E-state index in [1.807, 2.05) is 13.0 Å². The summed E-state index contributed by atoms with van der Waals surface area (Å²) in [6.45, 7) is 2.05. The van der Waals surface area contributed by atoms with E-state index in [-0.39, 0.29) is 0 Å². The quantitative estimate of drug-likeness (QED) is 0.852. The maximum Gasteiger partial charge on any atom is 0.224 e.